The molecule has 0 aliphatic carbocycles. The molecule has 1 aliphatic heterocycles. The second kappa shape index (κ2) is 4.92. The number of piperazine rings is 1. The number of rotatable bonds is 2. The zero-order chi connectivity index (χ0) is 13.3. The van der Waals surface area contributed by atoms with Gasteiger partial charge in [-0.2, -0.15) is 0 Å². The summed E-state index contributed by atoms with van der Waals surface area (Å²) in [5, 5.41) is 0. The lowest BCUT2D eigenvalue weighted by molar-refractivity contribution is -0.120. The summed E-state index contributed by atoms with van der Waals surface area (Å²) in [6.45, 7) is 5.08. The standard InChI is InChI=1S/C13H16F2N2O/c1-9-7-16(3-4-17(9)8-18)11-5-12(14)10(2)13(15)6-11/h5-6,8-9H,3-4,7H2,1-2H3. The van der Waals surface area contributed by atoms with Crippen molar-refractivity contribution in [2.45, 2.75) is 19.9 Å². The van der Waals surface area contributed by atoms with Crippen molar-refractivity contribution in [2.24, 2.45) is 0 Å². The number of hydrogen-bond donors (Lipinski definition) is 0. The van der Waals surface area contributed by atoms with E-state index >= 15 is 0 Å². The quantitative estimate of drug-likeness (QED) is 0.753. The normalized spacial score (nSPS) is 20.1. The van der Waals surface area contributed by atoms with Crippen molar-refractivity contribution in [3.8, 4) is 0 Å². The highest BCUT2D eigenvalue weighted by molar-refractivity contribution is 5.52. The molecule has 1 heterocycles. The molecule has 98 valence electrons. The molecule has 5 heteroatoms. The van der Waals surface area contributed by atoms with E-state index in [4.69, 9.17) is 0 Å². The molecule has 1 aromatic rings. The minimum atomic E-state index is -0.532. The first-order chi connectivity index (χ1) is 8.52. The van der Waals surface area contributed by atoms with Gasteiger partial charge in [0, 0.05) is 36.9 Å². The number of amides is 1. The third-order valence-corrected chi connectivity index (χ3v) is 3.45. The van der Waals surface area contributed by atoms with Gasteiger partial charge in [0.25, 0.3) is 0 Å². The second-order valence-corrected chi connectivity index (χ2v) is 4.67. The van der Waals surface area contributed by atoms with Crippen LogP contribution in [-0.4, -0.2) is 37.0 Å². The highest BCUT2D eigenvalue weighted by Crippen LogP contribution is 2.23. The molecule has 1 saturated heterocycles. The van der Waals surface area contributed by atoms with Gasteiger partial charge in [-0.05, 0) is 26.0 Å². The monoisotopic (exact) mass is 254 g/mol. The van der Waals surface area contributed by atoms with Crippen LogP contribution in [0.15, 0.2) is 12.1 Å². The minimum absolute atomic E-state index is 0.0401. The summed E-state index contributed by atoms with van der Waals surface area (Å²) in [5.74, 6) is -1.06. The van der Waals surface area contributed by atoms with Gasteiger partial charge in [-0.15, -0.1) is 0 Å². The summed E-state index contributed by atoms with van der Waals surface area (Å²) in [7, 11) is 0. The Labute approximate surface area is 105 Å². The minimum Gasteiger partial charge on any atom is -0.368 e. The first kappa shape index (κ1) is 12.8. The van der Waals surface area contributed by atoms with Gasteiger partial charge in [0.05, 0.1) is 0 Å². The summed E-state index contributed by atoms with van der Waals surface area (Å²) in [4.78, 5) is 14.3. The zero-order valence-electron chi connectivity index (χ0n) is 10.5. The molecule has 1 unspecified atom stereocenters. The van der Waals surface area contributed by atoms with Crippen molar-refractivity contribution in [3.05, 3.63) is 29.3 Å². The molecule has 1 amide bonds. The number of carbonyl (C=O) groups is 1. The summed E-state index contributed by atoms with van der Waals surface area (Å²) < 4.78 is 27.0. The predicted octanol–water partition coefficient (Wildman–Crippen LogP) is 1.94. The molecule has 0 radical (unpaired) electrons. The molecule has 0 aromatic heterocycles. The van der Waals surface area contributed by atoms with Gasteiger partial charge >= 0.3 is 0 Å². The van der Waals surface area contributed by atoms with Gasteiger partial charge in [0.15, 0.2) is 0 Å². The van der Waals surface area contributed by atoms with Crippen LogP contribution < -0.4 is 4.90 Å². The third kappa shape index (κ3) is 2.30. The van der Waals surface area contributed by atoms with E-state index in [-0.39, 0.29) is 11.6 Å². The Kier molecular flexibility index (Phi) is 3.50. The van der Waals surface area contributed by atoms with E-state index in [1.165, 1.54) is 19.1 Å². The van der Waals surface area contributed by atoms with Crippen molar-refractivity contribution >= 4 is 12.1 Å². The van der Waals surface area contributed by atoms with Gasteiger partial charge < -0.3 is 9.80 Å². The van der Waals surface area contributed by atoms with Crippen LogP contribution in [0.4, 0.5) is 14.5 Å². The van der Waals surface area contributed by atoms with Crippen molar-refractivity contribution in [1.82, 2.24) is 4.90 Å². The van der Waals surface area contributed by atoms with Crippen LogP contribution in [0.1, 0.15) is 12.5 Å². The largest absolute Gasteiger partial charge is 0.368 e. The topological polar surface area (TPSA) is 23.6 Å². The van der Waals surface area contributed by atoms with E-state index in [2.05, 4.69) is 0 Å². The molecule has 18 heavy (non-hydrogen) atoms. The Hall–Kier alpha value is -1.65. The lowest BCUT2D eigenvalue weighted by Crippen LogP contribution is -2.51. The van der Waals surface area contributed by atoms with Crippen LogP contribution in [-0.2, 0) is 4.79 Å². The van der Waals surface area contributed by atoms with Crippen molar-refractivity contribution in [3.63, 3.8) is 0 Å². The Bertz CT molecular complexity index is 441. The Balaban J connectivity index is 2.21. The van der Waals surface area contributed by atoms with Crippen molar-refractivity contribution in [1.29, 1.82) is 0 Å². The molecule has 0 N–H and O–H groups in total. The molecule has 2 rings (SSSR count). The van der Waals surface area contributed by atoms with Crippen molar-refractivity contribution < 1.29 is 13.6 Å². The van der Waals surface area contributed by atoms with Crippen LogP contribution in [0.3, 0.4) is 0 Å². The van der Waals surface area contributed by atoms with E-state index in [1.807, 2.05) is 11.8 Å². The SMILES string of the molecule is Cc1c(F)cc(N2CCN(C=O)C(C)C2)cc1F. The van der Waals surface area contributed by atoms with Gasteiger partial charge in [-0.3, -0.25) is 4.79 Å². The Morgan fingerprint density at radius 1 is 1.28 bits per heavy atom. The molecule has 1 atom stereocenters. The number of anilines is 1. The van der Waals surface area contributed by atoms with E-state index in [0.717, 1.165) is 6.41 Å². The first-order valence-electron chi connectivity index (χ1n) is 5.94. The molecule has 1 fully saturated rings. The summed E-state index contributed by atoms with van der Waals surface area (Å²) >= 11 is 0. The van der Waals surface area contributed by atoms with Crippen LogP contribution in [0.25, 0.3) is 0 Å². The predicted molar refractivity (Wildman–Crippen MR) is 65.5 cm³/mol. The molecule has 0 bridgehead atoms. The highest BCUT2D eigenvalue weighted by Gasteiger charge is 2.23. The number of benzene rings is 1. The maximum absolute atomic E-state index is 13.5. The number of nitrogens with zero attached hydrogens (tertiary/aromatic N) is 2. The Morgan fingerprint density at radius 2 is 1.89 bits per heavy atom. The smallest absolute Gasteiger partial charge is 0.210 e. The lowest BCUT2D eigenvalue weighted by Gasteiger charge is -2.39. The Morgan fingerprint density at radius 3 is 2.39 bits per heavy atom. The average molecular weight is 254 g/mol. The molecule has 3 nitrogen and oxygen atoms in total. The van der Waals surface area contributed by atoms with E-state index in [1.54, 1.807) is 4.90 Å². The molecular weight excluding hydrogens is 238 g/mol. The molecule has 1 aromatic carbocycles. The van der Waals surface area contributed by atoms with E-state index < -0.39 is 11.6 Å². The molecule has 0 saturated carbocycles. The fourth-order valence-electron chi connectivity index (χ4n) is 2.18. The van der Waals surface area contributed by atoms with Crippen LogP contribution >= 0.6 is 0 Å². The lowest BCUT2D eigenvalue weighted by atomic mass is 10.1. The van der Waals surface area contributed by atoms with Crippen LogP contribution in [0, 0.1) is 18.6 Å². The zero-order valence-corrected chi connectivity index (χ0v) is 10.5. The average Bonchev–Trinajstić information content (AvgIpc) is 2.35. The van der Waals surface area contributed by atoms with Crippen molar-refractivity contribution in [2.75, 3.05) is 24.5 Å². The summed E-state index contributed by atoms with van der Waals surface area (Å²) in [6.07, 6.45) is 0.818. The maximum Gasteiger partial charge on any atom is 0.210 e. The van der Waals surface area contributed by atoms with Gasteiger partial charge in [0.2, 0.25) is 6.41 Å². The van der Waals surface area contributed by atoms with E-state index in [9.17, 15) is 13.6 Å². The fraction of sp³-hybridized carbons (Fsp3) is 0.462. The summed E-state index contributed by atoms with van der Waals surface area (Å²) in [5.41, 5.74) is 0.575. The first-order valence-corrected chi connectivity index (χ1v) is 5.94. The van der Waals surface area contributed by atoms with Crippen LogP contribution in [0.2, 0.25) is 0 Å². The van der Waals surface area contributed by atoms with Gasteiger partial charge in [0.1, 0.15) is 11.6 Å². The van der Waals surface area contributed by atoms with Gasteiger partial charge in [-0.1, -0.05) is 0 Å². The number of halogens is 2. The second-order valence-electron chi connectivity index (χ2n) is 4.67. The third-order valence-electron chi connectivity index (χ3n) is 3.45. The molecule has 0 spiro atoms. The maximum atomic E-state index is 13.5. The van der Waals surface area contributed by atoms with Crippen LogP contribution in [0.5, 0.6) is 0 Å². The van der Waals surface area contributed by atoms with Gasteiger partial charge in [-0.25, -0.2) is 8.78 Å². The molecular formula is C13H16F2N2O. The number of carbonyl (C=O) groups excluding carboxylic acids is 1. The summed E-state index contributed by atoms with van der Waals surface area (Å²) in [6, 6.07) is 2.74. The highest BCUT2D eigenvalue weighted by atomic mass is 19.1. The number of hydrogen-bond acceptors (Lipinski definition) is 2. The molecule has 1 aliphatic rings. The fourth-order valence-corrected chi connectivity index (χ4v) is 2.18. The van der Waals surface area contributed by atoms with E-state index in [0.29, 0.717) is 25.3 Å².